The van der Waals surface area contributed by atoms with Gasteiger partial charge in [-0.1, -0.05) is 35.9 Å². The molecule has 0 aliphatic carbocycles. The molecule has 1 saturated heterocycles. The average Bonchev–Trinajstić information content (AvgIpc) is 3.53. The van der Waals surface area contributed by atoms with Gasteiger partial charge >= 0.3 is 0 Å². The summed E-state index contributed by atoms with van der Waals surface area (Å²) in [5.41, 5.74) is 5.82. The van der Waals surface area contributed by atoms with Gasteiger partial charge in [-0.05, 0) is 55.9 Å². The molecule has 1 aliphatic heterocycles. The average molecular weight is 428 g/mol. The number of amides is 1. The van der Waals surface area contributed by atoms with Crippen molar-refractivity contribution in [3.63, 3.8) is 0 Å². The number of aromatic amines is 1. The monoisotopic (exact) mass is 427 g/mol. The third-order valence-corrected chi connectivity index (χ3v) is 6.60. The Hall–Kier alpha value is -3.41. The van der Waals surface area contributed by atoms with E-state index in [1.165, 1.54) is 11.1 Å². The fourth-order valence-electron chi connectivity index (χ4n) is 4.95. The first-order valence-corrected chi connectivity index (χ1v) is 11.4. The summed E-state index contributed by atoms with van der Waals surface area (Å²) >= 11 is 0. The van der Waals surface area contributed by atoms with E-state index in [9.17, 15) is 4.79 Å². The Morgan fingerprint density at radius 3 is 2.88 bits per heavy atom. The molecule has 0 saturated carbocycles. The van der Waals surface area contributed by atoms with Gasteiger partial charge in [0, 0.05) is 42.7 Å². The van der Waals surface area contributed by atoms with E-state index in [2.05, 4.69) is 81.2 Å². The van der Waals surface area contributed by atoms with Crippen molar-refractivity contribution in [2.75, 3.05) is 6.54 Å². The van der Waals surface area contributed by atoms with E-state index in [4.69, 9.17) is 0 Å². The molecule has 3 heterocycles. The molecule has 0 spiro atoms. The van der Waals surface area contributed by atoms with E-state index in [1.54, 1.807) is 0 Å². The molecule has 1 aliphatic rings. The number of benzene rings is 2. The van der Waals surface area contributed by atoms with Crippen molar-refractivity contribution in [2.45, 2.75) is 45.7 Å². The molecule has 164 valence electrons. The third kappa shape index (κ3) is 4.17. The summed E-state index contributed by atoms with van der Waals surface area (Å²) in [5.74, 6) is 0.682. The summed E-state index contributed by atoms with van der Waals surface area (Å²) in [7, 11) is 0. The lowest BCUT2D eigenvalue weighted by Crippen LogP contribution is -2.34. The van der Waals surface area contributed by atoms with Crippen LogP contribution in [0.3, 0.4) is 0 Å². The van der Waals surface area contributed by atoms with Crippen LogP contribution in [0, 0.1) is 12.8 Å². The summed E-state index contributed by atoms with van der Waals surface area (Å²) in [6, 6.07) is 15.1. The first-order valence-electron chi connectivity index (χ1n) is 11.4. The number of carbonyl (C=O) groups excluding carboxylic acids is 1. The maximum Gasteiger partial charge on any atom is 0.223 e. The number of carbonyl (C=O) groups is 1. The zero-order valence-corrected chi connectivity index (χ0v) is 18.7. The molecule has 1 N–H and O–H groups in total. The molecule has 1 fully saturated rings. The second-order valence-electron chi connectivity index (χ2n) is 9.07. The summed E-state index contributed by atoms with van der Waals surface area (Å²) in [6.45, 7) is 5.90. The van der Waals surface area contributed by atoms with Crippen LogP contribution in [0.15, 0.2) is 61.1 Å². The van der Waals surface area contributed by atoms with Crippen LogP contribution < -0.4 is 0 Å². The van der Waals surface area contributed by atoms with E-state index in [1.807, 2.05) is 18.6 Å². The zero-order chi connectivity index (χ0) is 22.1. The molecule has 6 heteroatoms. The van der Waals surface area contributed by atoms with Crippen molar-refractivity contribution in [3.05, 3.63) is 72.2 Å². The van der Waals surface area contributed by atoms with Crippen LogP contribution in [-0.2, 0) is 17.8 Å². The molecule has 6 nitrogen and oxygen atoms in total. The first-order chi connectivity index (χ1) is 15.6. The fourth-order valence-corrected chi connectivity index (χ4v) is 4.95. The van der Waals surface area contributed by atoms with Crippen molar-refractivity contribution >= 4 is 16.8 Å². The Balaban J connectivity index is 1.23. The molecule has 0 radical (unpaired) electrons. The van der Waals surface area contributed by atoms with Crippen LogP contribution >= 0.6 is 0 Å². The van der Waals surface area contributed by atoms with E-state index in [-0.39, 0.29) is 11.9 Å². The standard InChI is InChI=1S/C26H29N5O/c1-18-4-3-5-20(10-18)6-9-26(32)30-16-21(11-19(30)2)17-31-25-8-7-22(12-23(25)15-29-31)24-13-27-28-14-24/h3-5,7-8,10,12-15,19,21H,6,9,11,16-17H2,1-2H3,(H,27,28)/t19-,21+/m0/s1. The quantitative estimate of drug-likeness (QED) is 0.489. The lowest BCUT2D eigenvalue weighted by molar-refractivity contribution is -0.131. The Morgan fingerprint density at radius 1 is 1.16 bits per heavy atom. The van der Waals surface area contributed by atoms with Gasteiger partial charge in [-0.3, -0.25) is 14.6 Å². The summed E-state index contributed by atoms with van der Waals surface area (Å²) in [4.78, 5) is 15.0. The number of nitrogens with one attached hydrogen (secondary N) is 1. The lowest BCUT2D eigenvalue weighted by Gasteiger charge is -2.21. The maximum atomic E-state index is 12.9. The number of aromatic nitrogens is 4. The van der Waals surface area contributed by atoms with Gasteiger partial charge in [0.05, 0.1) is 17.9 Å². The molecule has 2 aromatic heterocycles. The van der Waals surface area contributed by atoms with Gasteiger partial charge in [0.2, 0.25) is 5.91 Å². The summed E-state index contributed by atoms with van der Waals surface area (Å²) in [6.07, 6.45) is 8.05. The molecule has 4 aromatic rings. The molecule has 0 unspecified atom stereocenters. The van der Waals surface area contributed by atoms with Crippen LogP contribution in [0.4, 0.5) is 0 Å². The molecule has 1 amide bonds. The van der Waals surface area contributed by atoms with Crippen molar-refractivity contribution in [1.82, 2.24) is 24.9 Å². The van der Waals surface area contributed by atoms with Crippen LogP contribution in [0.25, 0.3) is 22.0 Å². The lowest BCUT2D eigenvalue weighted by atomic mass is 10.1. The first kappa shape index (κ1) is 20.5. The molecular weight excluding hydrogens is 398 g/mol. The van der Waals surface area contributed by atoms with Crippen LogP contribution in [-0.4, -0.2) is 43.4 Å². The fraction of sp³-hybridized carbons (Fsp3) is 0.346. The highest BCUT2D eigenvalue weighted by Crippen LogP contribution is 2.28. The summed E-state index contributed by atoms with van der Waals surface area (Å²) < 4.78 is 2.09. The van der Waals surface area contributed by atoms with Crippen molar-refractivity contribution in [1.29, 1.82) is 0 Å². The normalized spacial score (nSPS) is 18.5. The predicted octanol–water partition coefficient (Wildman–Crippen LogP) is 4.60. The van der Waals surface area contributed by atoms with Gasteiger partial charge in [-0.15, -0.1) is 0 Å². The second kappa shape index (κ2) is 8.61. The smallest absolute Gasteiger partial charge is 0.223 e. The number of rotatable bonds is 6. The molecular formula is C26H29N5O. The highest BCUT2D eigenvalue weighted by atomic mass is 16.2. The van der Waals surface area contributed by atoms with Gasteiger partial charge in [-0.25, -0.2) is 0 Å². The number of nitrogens with zero attached hydrogens (tertiary/aromatic N) is 4. The molecule has 2 aromatic carbocycles. The number of hydrogen-bond donors (Lipinski definition) is 1. The highest BCUT2D eigenvalue weighted by molar-refractivity contribution is 5.84. The van der Waals surface area contributed by atoms with Gasteiger partial charge in [0.1, 0.15) is 0 Å². The molecule has 32 heavy (non-hydrogen) atoms. The van der Waals surface area contributed by atoms with Crippen LogP contribution in [0.2, 0.25) is 0 Å². The van der Waals surface area contributed by atoms with Gasteiger partial charge in [-0.2, -0.15) is 10.2 Å². The van der Waals surface area contributed by atoms with Gasteiger partial charge < -0.3 is 4.90 Å². The largest absolute Gasteiger partial charge is 0.340 e. The van der Waals surface area contributed by atoms with Gasteiger partial charge in [0.15, 0.2) is 0 Å². The number of H-pyrrole nitrogens is 1. The minimum atomic E-state index is 0.261. The van der Waals surface area contributed by atoms with Crippen molar-refractivity contribution < 1.29 is 4.79 Å². The second-order valence-corrected chi connectivity index (χ2v) is 9.07. The number of hydrogen-bond acceptors (Lipinski definition) is 3. The van der Waals surface area contributed by atoms with E-state index in [0.717, 1.165) is 48.0 Å². The Labute approximate surface area is 188 Å². The van der Waals surface area contributed by atoms with E-state index >= 15 is 0 Å². The highest BCUT2D eigenvalue weighted by Gasteiger charge is 2.32. The van der Waals surface area contributed by atoms with E-state index < -0.39 is 0 Å². The number of likely N-dealkylation sites (tertiary alicyclic amines) is 1. The molecule has 0 bridgehead atoms. The van der Waals surface area contributed by atoms with Gasteiger partial charge in [0.25, 0.3) is 0 Å². The summed E-state index contributed by atoms with van der Waals surface area (Å²) in [5, 5.41) is 12.7. The van der Waals surface area contributed by atoms with Crippen LogP contribution in [0.1, 0.15) is 30.9 Å². The molecule has 5 rings (SSSR count). The molecule has 2 atom stereocenters. The minimum Gasteiger partial charge on any atom is -0.340 e. The third-order valence-electron chi connectivity index (χ3n) is 6.60. The topological polar surface area (TPSA) is 66.8 Å². The van der Waals surface area contributed by atoms with Crippen molar-refractivity contribution in [3.8, 4) is 11.1 Å². The maximum absolute atomic E-state index is 12.9. The Bertz CT molecular complexity index is 1230. The Morgan fingerprint density at radius 2 is 2.06 bits per heavy atom. The predicted molar refractivity (Wildman–Crippen MR) is 126 cm³/mol. The zero-order valence-electron chi connectivity index (χ0n) is 18.7. The van der Waals surface area contributed by atoms with E-state index in [0.29, 0.717) is 12.3 Å². The SMILES string of the molecule is Cc1cccc(CCC(=O)N2C[C@H](Cn3ncc4cc(-c5cn[nH]c5)ccc43)C[C@@H]2C)c1. The Kier molecular flexibility index (Phi) is 5.52. The number of fused-ring (bicyclic) bond motifs is 1. The van der Waals surface area contributed by atoms with Crippen molar-refractivity contribution in [2.24, 2.45) is 5.92 Å². The number of aryl methyl sites for hydroxylation is 2. The minimum absolute atomic E-state index is 0.261. The van der Waals surface area contributed by atoms with Crippen LogP contribution in [0.5, 0.6) is 0 Å².